The van der Waals surface area contributed by atoms with Crippen molar-refractivity contribution >= 4 is 23.7 Å². The highest BCUT2D eigenvalue weighted by molar-refractivity contribution is 5.77. The summed E-state index contributed by atoms with van der Waals surface area (Å²) in [7, 11) is 0. The van der Waals surface area contributed by atoms with Gasteiger partial charge in [-0.2, -0.15) is 5.10 Å². The van der Waals surface area contributed by atoms with Crippen molar-refractivity contribution < 1.29 is 0 Å². The number of allylic oxidation sites excluding steroid dienone is 2. The fourth-order valence-electron chi connectivity index (χ4n) is 3.31. The van der Waals surface area contributed by atoms with E-state index in [4.69, 9.17) is 0 Å². The molecule has 0 unspecified atom stereocenters. The van der Waals surface area contributed by atoms with Crippen LogP contribution >= 0.6 is 0 Å². The lowest BCUT2D eigenvalue weighted by molar-refractivity contribution is 0.420. The third-order valence-electron chi connectivity index (χ3n) is 4.90. The van der Waals surface area contributed by atoms with Gasteiger partial charge in [0.2, 0.25) is 0 Å². The van der Waals surface area contributed by atoms with Crippen LogP contribution in [0.4, 0.5) is 0 Å². The van der Waals surface area contributed by atoms with Gasteiger partial charge in [0.25, 0.3) is 0 Å². The van der Waals surface area contributed by atoms with Gasteiger partial charge in [-0.3, -0.25) is 10.1 Å². The minimum Gasteiger partial charge on any atom is -0.335 e. The van der Waals surface area contributed by atoms with Crippen molar-refractivity contribution in [3.63, 3.8) is 0 Å². The molecule has 0 aliphatic carbocycles. The van der Waals surface area contributed by atoms with E-state index in [0.717, 1.165) is 40.4 Å². The highest BCUT2D eigenvalue weighted by Gasteiger charge is 2.14. The Kier molecular flexibility index (Phi) is 4.19. The van der Waals surface area contributed by atoms with Crippen LogP contribution in [0.3, 0.4) is 0 Å². The number of hydrogen-bond donors (Lipinski definition) is 3. The van der Waals surface area contributed by atoms with E-state index < -0.39 is 0 Å². The molecule has 1 aliphatic heterocycles. The quantitative estimate of drug-likeness (QED) is 0.678. The smallest absolute Gasteiger partial charge is 0.159 e. The largest absolute Gasteiger partial charge is 0.335 e. The Morgan fingerprint density at radius 2 is 2.16 bits per heavy atom. The first-order valence-corrected chi connectivity index (χ1v) is 8.65. The number of imidazole rings is 1. The lowest BCUT2D eigenvalue weighted by atomic mass is 9.91. The zero-order valence-corrected chi connectivity index (χ0v) is 14.3. The van der Waals surface area contributed by atoms with Gasteiger partial charge in [-0.1, -0.05) is 18.2 Å². The summed E-state index contributed by atoms with van der Waals surface area (Å²) >= 11 is 0. The predicted octanol–water partition coefficient (Wildman–Crippen LogP) is 1.48. The van der Waals surface area contributed by atoms with Gasteiger partial charge in [0, 0.05) is 11.4 Å². The van der Waals surface area contributed by atoms with E-state index in [2.05, 4.69) is 56.1 Å². The zero-order chi connectivity index (χ0) is 17.2. The van der Waals surface area contributed by atoms with Crippen LogP contribution in [0.1, 0.15) is 19.8 Å². The number of nitrogens with zero attached hydrogens (tertiary/aromatic N) is 3. The molecule has 4 rings (SSSR count). The van der Waals surface area contributed by atoms with E-state index in [1.165, 1.54) is 18.4 Å². The normalized spacial score (nSPS) is 17.5. The number of hydrogen-bond acceptors (Lipinski definition) is 4. The Morgan fingerprint density at radius 3 is 2.96 bits per heavy atom. The summed E-state index contributed by atoms with van der Waals surface area (Å²) in [5.41, 5.74) is 3.92. The van der Waals surface area contributed by atoms with Gasteiger partial charge in [-0.05, 0) is 50.9 Å². The molecule has 1 aliphatic rings. The molecule has 128 valence electrons. The second-order valence-electron chi connectivity index (χ2n) is 6.54. The number of rotatable bonds is 3. The van der Waals surface area contributed by atoms with Crippen molar-refractivity contribution in [3.05, 3.63) is 40.7 Å². The van der Waals surface area contributed by atoms with Crippen LogP contribution in [0.2, 0.25) is 0 Å². The van der Waals surface area contributed by atoms with Crippen LogP contribution in [0.25, 0.3) is 35.2 Å². The minimum atomic E-state index is 0.663. The standard InChI is InChI=1S/C19H22N6/c1-12(14-5-8-20-9-6-14)3-4-15-13(2)18(25-24-15)19-22-16-7-10-21-11-17(16)23-19/h3-4,7,10-11,14,20,24H,2,5-6,8-9H2,1H3,(H,22,23)/b12-3+,15-4+. The molecule has 25 heavy (non-hydrogen) atoms. The molecular weight excluding hydrogens is 312 g/mol. The summed E-state index contributed by atoms with van der Waals surface area (Å²) in [6.07, 6.45) is 10.2. The first-order valence-electron chi connectivity index (χ1n) is 8.65. The number of piperidine rings is 1. The van der Waals surface area contributed by atoms with Crippen LogP contribution in [0.5, 0.6) is 0 Å². The minimum absolute atomic E-state index is 0.663. The molecule has 0 saturated carbocycles. The molecule has 4 heterocycles. The van der Waals surface area contributed by atoms with E-state index in [0.29, 0.717) is 11.7 Å². The summed E-state index contributed by atoms with van der Waals surface area (Å²) in [5.74, 6) is 1.37. The lowest BCUT2D eigenvalue weighted by Gasteiger charge is -2.23. The van der Waals surface area contributed by atoms with Crippen molar-refractivity contribution in [2.75, 3.05) is 13.1 Å². The summed E-state index contributed by atoms with van der Waals surface area (Å²) in [4.78, 5) is 11.9. The van der Waals surface area contributed by atoms with E-state index in [9.17, 15) is 0 Å². The van der Waals surface area contributed by atoms with Crippen LogP contribution in [0, 0.1) is 5.92 Å². The zero-order valence-electron chi connectivity index (χ0n) is 14.3. The highest BCUT2D eigenvalue weighted by atomic mass is 15.1. The second-order valence-corrected chi connectivity index (χ2v) is 6.54. The average Bonchev–Trinajstić information content (AvgIpc) is 3.23. The van der Waals surface area contributed by atoms with Crippen molar-refractivity contribution in [1.82, 2.24) is 30.5 Å². The predicted molar refractivity (Wildman–Crippen MR) is 100 cm³/mol. The molecule has 3 aromatic rings. The molecule has 0 amide bonds. The van der Waals surface area contributed by atoms with Crippen molar-refractivity contribution in [2.45, 2.75) is 19.8 Å². The van der Waals surface area contributed by atoms with Gasteiger partial charge >= 0.3 is 0 Å². The molecule has 1 fully saturated rings. The second kappa shape index (κ2) is 6.64. The van der Waals surface area contributed by atoms with Crippen molar-refractivity contribution in [2.24, 2.45) is 5.92 Å². The first-order chi connectivity index (χ1) is 12.2. The number of aromatic amines is 2. The number of nitrogens with one attached hydrogen (secondary N) is 3. The maximum Gasteiger partial charge on any atom is 0.159 e. The number of fused-ring (bicyclic) bond motifs is 1. The third-order valence-corrected chi connectivity index (χ3v) is 4.90. The fraction of sp³-hybridized carbons (Fsp3) is 0.316. The van der Waals surface area contributed by atoms with E-state index in [1.807, 2.05) is 6.07 Å². The van der Waals surface area contributed by atoms with Gasteiger partial charge in [0.1, 0.15) is 5.69 Å². The summed E-state index contributed by atoms with van der Waals surface area (Å²) in [5, 5.41) is 12.6. The molecule has 0 atom stereocenters. The number of aromatic nitrogens is 5. The molecule has 0 bridgehead atoms. The van der Waals surface area contributed by atoms with Gasteiger partial charge in [0.15, 0.2) is 5.82 Å². The topological polar surface area (TPSA) is 82.3 Å². The van der Waals surface area contributed by atoms with Gasteiger partial charge in [0.05, 0.1) is 22.6 Å². The number of H-pyrrole nitrogens is 2. The Balaban J connectivity index is 1.65. The Morgan fingerprint density at radius 1 is 1.32 bits per heavy atom. The van der Waals surface area contributed by atoms with Crippen molar-refractivity contribution in [1.29, 1.82) is 0 Å². The molecule has 3 N–H and O–H groups in total. The maximum absolute atomic E-state index is 4.57. The summed E-state index contributed by atoms with van der Waals surface area (Å²) in [6, 6.07) is 1.88. The van der Waals surface area contributed by atoms with Gasteiger partial charge < -0.3 is 10.3 Å². The lowest BCUT2D eigenvalue weighted by Crippen LogP contribution is -2.28. The molecule has 0 radical (unpaired) electrons. The average molecular weight is 334 g/mol. The van der Waals surface area contributed by atoms with Crippen LogP contribution < -0.4 is 15.9 Å². The SMILES string of the molecule is C=c1c(-c2nc3ccncc3[nH]2)n[nH]/c1=C/C=C(\C)C1CCNCC1. The van der Waals surface area contributed by atoms with E-state index in [1.54, 1.807) is 12.4 Å². The Bertz CT molecular complexity index is 987. The van der Waals surface area contributed by atoms with Crippen LogP contribution in [-0.4, -0.2) is 38.2 Å². The molecule has 6 nitrogen and oxygen atoms in total. The maximum atomic E-state index is 4.57. The monoisotopic (exact) mass is 334 g/mol. The van der Waals surface area contributed by atoms with Crippen LogP contribution in [-0.2, 0) is 0 Å². The molecule has 6 heteroatoms. The molecule has 0 aromatic carbocycles. The van der Waals surface area contributed by atoms with Gasteiger partial charge in [-0.15, -0.1) is 0 Å². The Labute approximate surface area is 145 Å². The highest BCUT2D eigenvalue weighted by Crippen LogP contribution is 2.20. The van der Waals surface area contributed by atoms with Gasteiger partial charge in [-0.25, -0.2) is 4.98 Å². The molecular formula is C19H22N6. The van der Waals surface area contributed by atoms with Crippen molar-refractivity contribution in [3.8, 4) is 11.5 Å². The molecule has 1 saturated heterocycles. The van der Waals surface area contributed by atoms with E-state index >= 15 is 0 Å². The summed E-state index contributed by atoms with van der Waals surface area (Å²) in [6.45, 7) is 8.59. The van der Waals surface area contributed by atoms with E-state index in [-0.39, 0.29) is 0 Å². The molecule has 3 aromatic heterocycles. The Hall–Kier alpha value is -2.73. The third kappa shape index (κ3) is 3.13. The van der Waals surface area contributed by atoms with Crippen LogP contribution in [0.15, 0.2) is 30.1 Å². The number of pyridine rings is 1. The fourth-order valence-corrected chi connectivity index (χ4v) is 3.31. The summed E-state index contributed by atoms with van der Waals surface area (Å²) < 4.78 is 0. The molecule has 0 spiro atoms. The first kappa shape index (κ1) is 15.8.